The number of furan rings is 1. The number of carboxylic acids is 1. The predicted molar refractivity (Wildman–Crippen MR) is 92.4 cm³/mol. The second kappa shape index (κ2) is 6.72. The number of carbonyl (C=O) groups excluding carboxylic acids is 1. The summed E-state index contributed by atoms with van der Waals surface area (Å²) in [7, 11) is -3.35. The van der Waals surface area contributed by atoms with Crippen LogP contribution in [0.4, 0.5) is 5.69 Å². The highest BCUT2D eigenvalue weighted by atomic mass is 32.2. The van der Waals surface area contributed by atoms with Gasteiger partial charge in [0.05, 0.1) is 16.1 Å². The molecule has 1 aromatic carbocycles. The van der Waals surface area contributed by atoms with Crippen molar-refractivity contribution in [3.05, 3.63) is 53.5 Å². The molecule has 0 aliphatic rings. The molecule has 1 aromatic heterocycles. The molecule has 0 radical (unpaired) electrons. The Labute approximate surface area is 145 Å². The number of nitrogens with one attached hydrogen (secondary N) is 1. The molecule has 0 bridgehead atoms. The first-order chi connectivity index (χ1) is 11.5. The zero-order chi connectivity index (χ0) is 18.8. The average molecular weight is 365 g/mol. The van der Waals surface area contributed by atoms with Crippen molar-refractivity contribution in [3.63, 3.8) is 0 Å². The third-order valence-electron chi connectivity index (χ3n) is 3.54. The van der Waals surface area contributed by atoms with Crippen molar-refractivity contribution < 1.29 is 27.5 Å². The summed E-state index contributed by atoms with van der Waals surface area (Å²) < 4.78 is 28.6. The lowest BCUT2D eigenvalue weighted by molar-refractivity contribution is 0.0696. The molecule has 0 saturated carbocycles. The van der Waals surface area contributed by atoms with Crippen molar-refractivity contribution in [1.82, 2.24) is 0 Å². The quantitative estimate of drug-likeness (QED) is 0.842. The number of benzene rings is 1. The summed E-state index contributed by atoms with van der Waals surface area (Å²) in [6, 6.07) is 7.57. The van der Waals surface area contributed by atoms with E-state index in [2.05, 4.69) is 5.32 Å². The molecule has 1 amide bonds. The first-order valence-corrected chi connectivity index (χ1v) is 9.09. The van der Waals surface area contributed by atoms with E-state index in [0.717, 1.165) is 12.3 Å². The van der Waals surface area contributed by atoms with Crippen molar-refractivity contribution >= 4 is 27.4 Å². The van der Waals surface area contributed by atoms with Crippen molar-refractivity contribution in [3.8, 4) is 0 Å². The lowest BCUT2D eigenvalue weighted by Gasteiger charge is -2.19. The monoisotopic (exact) mass is 365 g/mol. The number of carboxylic acid groups (broad SMARTS) is 1. The molecule has 25 heavy (non-hydrogen) atoms. The Hall–Kier alpha value is -2.61. The van der Waals surface area contributed by atoms with Gasteiger partial charge < -0.3 is 14.8 Å². The molecule has 7 nitrogen and oxygen atoms in total. The van der Waals surface area contributed by atoms with Crippen molar-refractivity contribution in [2.45, 2.75) is 31.3 Å². The minimum atomic E-state index is -3.35. The number of sulfone groups is 1. The zero-order valence-corrected chi connectivity index (χ0v) is 14.9. The van der Waals surface area contributed by atoms with Crippen LogP contribution in [0.3, 0.4) is 0 Å². The lowest BCUT2D eigenvalue weighted by atomic mass is 10.2. The summed E-state index contributed by atoms with van der Waals surface area (Å²) in [5.41, 5.74) is 0.799. The maximum Gasteiger partial charge on any atom is 0.338 e. The summed E-state index contributed by atoms with van der Waals surface area (Å²) in [5, 5.41) is 11.4. The summed E-state index contributed by atoms with van der Waals surface area (Å²) in [6.07, 6.45) is 0.976. The van der Waals surface area contributed by atoms with Crippen LogP contribution >= 0.6 is 0 Å². The summed E-state index contributed by atoms with van der Waals surface area (Å²) in [4.78, 5) is 22.9. The molecule has 134 valence electrons. The van der Waals surface area contributed by atoms with Gasteiger partial charge in [0.25, 0.3) is 5.91 Å². The van der Waals surface area contributed by atoms with Crippen LogP contribution in [0.2, 0.25) is 0 Å². The summed E-state index contributed by atoms with van der Waals surface area (Å²) in [5.74, 6) is -2.12. The zero-order valence-electron chi connectivity index (χ0n) is 14.1. The van der Waals surface area contributed by atoms with Crippen LogP contribution in [-0.2, 0) is 15.6 Å². The Bertz CT molecular complexity index is 905. The highest BCUT2D eigenvalue weighted by Gasteiger charge is 2.29. The van der Waals surface area contributed by atoms with Gasteiger partial charge in [0.1, 0.15) is 6.26 Å². The molecule has 0 aliphatic heterocycles. The molecule has 0 saturated heterocycles. The Balaban J connectivity index is 2.16. The van der Waals surface area contributed by atoms with E-state index in [1.807, 2.05) is 0 Å². The van der Waals surface area contributed by atoms with Crippen LogP contribution in [0.15, 0.2) is 41.0 Å². The number of amides is 1. The highest BCUT2D eigenvalue weighted by molar-refractivity contribution is 7.91. The molecular formula is C17H19NO6S. The Kier molecular flexibility index (Phi) is 5.03. The molecule has 2 rings (SSSR count). The SMILES string of the molecule is CC(C)(C)S(=O)(=O)Cc1cccc(NC(=O)c2cc(C(=O)O)co2)c1. The molecule has 2 N–H and O–H groups in total. The van der Waals surface area contributed by atoms with Gasteiger partial charge in [0, 0.05) is 11.8 Å². The molecular weight excluding hydrogens is 346 g/mol. The predicted octanol–water partition coefficient (Wildman–Crippen LogP) is 2.94. The summed E-state index contributed by atoms with van der Waals surface area (Å²) >= 11 is 0. The fourth-order valence-corrected chi connectivity index (χ4v) is 2.99. The van der Waals surface area contributed by atoms with Gasteiger partial charge in [0.2, 0.25) is 0 Å². The first-order valence-electron chi connectivity index (χ1n) is 7.44. The fourth-order valence-electron chi connectivity index (χ4n) is 1.93. The van der Waals surface area contributed by atoms with Gasteiger partial charge >= 0.3 is 5.97 Å². The number of rotatable bonds is 5. The molecule has 0 atom stereocenters. The molecule has 0 fully saturated rings. The van der Waals surface area contributed by atoms with Gasteiger partial charge in [-0.05, 0) is 38.5 Å². The second-order valence-corrected chi connectivity index (χ2v) is 9.27. The topological polar surface area (TPSA) is 114 Å². The minimum absolute atomic E-state index is 0.129. The number of aromatic carboxylic acids is 1. The van der Waals surface area contributed by atoms with Gasteiger partial charge in [-0.2, -0.15) is 0 Å². The molecule has 1 heterocycles. The second-order valence-electron chi connectivity index (χ2n) is 6.53. The van der Waals surface area contributed by atoms with Crippen LogP contribution in [-0.4, -0.2) is 30.1 Å². The summed E-state index contributed by atoms with van der Waals surface area (Å²) in [6.45, 7) is 4.89. The molecule has 0 unspecified atom stereocenters. The van der Waals surface area contributed by atoms with Gasteiger partial charge in [-0.25, -0.2) is 13.2 Å². The van der Waals surface area contributed by atoms with E-state index >= 15 is 0 Å². The van der Waals surface area contributed by atoms with Crippen molar-refractivity contribution in [2.75, 3.05) is 5.32 Å². The number of hydrogen-bond donors (Lipinski definition) is 2. The standard InChI is InChI=1S/C17H19NO6S/c1-17(2,3)25(22,23)10-11-5-4-6-13(7-11)18-15(19)14-8-12(9-24-14)16(20)21/h4-9H,10H2,1-3H3,(H,18,19)(H,20,21). The molecule has 0 spiro atoms. The van der Waals surface area contributed by atoms with E-state index in [0.29, 0.717) is 11.3 Å². The Morgan fingerprint density at radius 1 is 1.20 bits per heavy atom. The van der Waals surface area contributed by atoms with Crippen LogP contribution in [0.5, 0.6) is 0 Å². The maximum atomic E-state index is 12.3. The molecule has 0 aliphatic carbocycles. The third-order valence-corrected chi connectivity index (χ3v) is 6.12. The minimum Gasteiger partial charge on any atom is -0.478 e. The number of carbonyl (C=O) groups is 2. The Morgan fingerprint density at radius 3 is 2.44 bits per heavy atom. The van der Waals surface area contributed by atoms with Gasteiger partial charge in [-0.3, -0.25) is 4.79 Å². The van der Waals surface area contributed by atoms with E-state index in [9.17, 15) is 18.0 Å². The number of anilines is 1. The maximum absolute atomic E-state index is 12.3. The van der Waals surface area contributed by atoms with E-state index in [1.54, 1.807) is 45.0 Å². The average Bonchev–Trinajstić information content (AvgIpc) is 2.96. The van der Waals surface area contributed by atoms with Crippen LogP contribution in [0.25, 0.3) is 0 Å². The van der Waals surface area contributed by atoms with E-state index < -0.39 is 26.5 Å². The largest absolute Gasteiger partial charge is 0.478 e. The van der Waals surface area contributed by atoms with Crippen molar-refractivity contribution in [2.24, 2.45) is 0 Å². The lowest BCUT2D eigenvalue weighted by Crippen LogP contribution is -2.29. The Morgan fingerprint density at radius 2 is 1.88 bits per heavy atom. The fraction of sp³-hybridized carbons (Fsp3) is 0.294. The van der Waals surface area contributed by atoms with Gasteiger partial charge in [0.15, 0.2) is 15.6 Å². The van der Waals surface area contributed by atoms with E-state index in [1.165, 1.54) is 0 Å². The van der Waals surface area contributed by atoms with Gasteiger partial charge in [-0.1, -0.05) is 12.1 Å². The first kappa shape index (κ1) is 18.7. The van der Waals surface area contributed by atoms with E-state index in [-0.39, 0.29) is 17.1 Å². The van der Waals surface area contributed by atoms with E-state index in [4.69, 9.17) is 9.52 Å². The van der Waals surface area contributed by atoms with Crippen LogP contribution < -0.4 is 5.32 Å². The molecule has 2 aromatic rings. The van der Waals surface area contributed by atoms with Crippen molar-refractivity contribution in [1.29, 1.82) is 0 Å². The molecule has 8 heteroatoms. The van der Waals surface area contributed by atoms with Gasteiger partial charge in [-0.15, -0.1) is 0 Å². The normalized spacial score (nSPS) is 12.0. The third kappa shape index (κ3) is 4.48. The smallest absolute Gasteiger partial charge is 0.338 e. The van der Waals surface area contributed by atoms with Crippen LogP contribution in [0, 0.1) is 0 Å². The van der Waals surface area contributed by atoms with Crippen LogP contribution in [0.1, 0.15) is 47.2 Å². The number of hydrogen-bond acceptors (Lipinski definition) is 5. The highest BCUT2D eigenvalue weighted by Crippen LogP contribution is 2.22.